The van der Waals surface area contributed by atoms with Crippen molar-refractivity contribution in [1.82, 2.24) is 0 Å². The third-order valence-electron chi connectivity index (χ3n) is 8.98. The van der Waals surface area contributed by atoms with Gasteiger partial charge in [0, 0.05) is 17.5 Å². The number of carbonyl (C=O) groups excluding carboxylic acids is 1. The lowest BCUT2D eigenvalue weighted by Gasteiger charge is -2.29. The van der Waals surface area contributed by atoms with Gasteiger partial charge in [-0.2, -0.15) is 0 Å². The Morgan fingerprint density at radius 1 is 0.600 bits per heavy atom. The van der Waals surface area contributed by atoms with Gasteiger partial charge in [-0.3, -0.25) is 4.79 Å². The summed E-state index contributed by atoms with van der Waals surface area (Å²) >= 11 is 0. The standard InChI is InChI=1S/C41H66O4/c1-10-11-12-13-14-15-16-17-18-19-20-21-22-23-24-25-36(42)45-39(32-26-30(2)28-34(37(32)43)40(4,5)6)33-27-31(3)29-35(38(33)44)41(7,8)9/h26-29,39,43-44H,10-25H2,1-9H3. The van der Waals surface area contributed by atoms with E-state index >= 15 is 0 Å². The van der Waals surface area contributed by atoms with E-state index in [4.69, 9.17) is 4.74 Å². The quantitative estimate of drug-likeness (QED) is 0.121. The highest BCUT2D eigenvalue weighted by atomic mass is 16.5. The van der Waals surface area contributed by atoms with Crippen LogP contribution in [0.15, 0.2) is 24.3 Å². The van der Waals surface area contributed by atoms with E-state index in [1.165, 1.54) is 77.0 Å². The van der Waals surface area contributed by atoms with E-state index in [9.17, 15) is 15.0 Å². The van der Waals surface area contributed by atoms with Gasteiger partial charge in [0.2, 0.25) is 0 Å². The number of ether oxygens (including phenoxy) is 1. The summed E-state index contributed by atoms with van der Waals surface area (Å²) in [6, 6.07) is 7.75. The maximum atomic E-state index is 13.3. The first-order valence-electron chi connectivity index (χ1n) is 18.0. The molecule has 0 aliphatic heterocycles. The summed E-state index contributed by atoms with van der Waals surface area (Å²) < 4.78 is 6.19. The molecular formula is C41H66O4. The molecule has 2 rings (SSSR count). The van der Waals surface area contributed by atoms with Gasteiger partial charge in [0.25, 0.3) is 0 Å². The normalized spacial score (nSPS) is 12.2. The lowest BCUT2D eigenvalue weighted by atomic mass is 9.81. The highest BCUT2D eigenvalue weighted by molar-refractivity contribution is 5.71. The highest BCUT2D eigenvalue weighted by Gasteiger charge is 2.32. The molecule has 4 nitrogen and oxygen atoms in total. The van der Waals surface area contributed by atoms with Gasteiger partial charge in [-0.15, -0.1) is 0 Å². The predicted molar refractivity (Wildman–Crippen MR) is 191 cm³/mol. The molecule has 0 fully saturated rings. The highest BCUT2D eigenvalue weighted by Crippen LogP contribution is 2.45. The molecule has 0 amide bonds. The van der Waals surface area contributed by atoms with Crippen molar-refractivity contribution < 1.29 is 19.7 Å². The lowest BCUT2D eigenvalue weighted by molar-refractivity contribution is -0.147. The fourth-order valence-corrected chi connectivity index (χ4v) is 6.28. The monoisotopic (exact) mass is 622 g/mol. The molecule has 2 aromatic rings. The summed E-state index contributed by atoms with van der Waals surface area (Å²) in [4.78, 5) is 13.3. The number of aryl methyl sites for hydroxylation is 2. The maximum Gasteiger partial charge on any atom is 0.306 e. The Labute approximate surface area is 276 Å². The van der Waals surface area contributed by atoms with Crippen molar-refractivity contribution in [2.45, 2.75) is 182 Å². The topological polar surface area (TPSA) is 66.8 Å². The molecule has 2 aromatic carbocycles. The summed E-state index contributed by atoms with van der Waals surface area (Å²) in [5, 5.41) is 23.1. The van der Waals surface area contributed by atoms with Crippen molar-refractivity contribution in [1.29, 1.82) is 0 Å². The molecular weight excluding hydrogens is 556 g/mol. The molecule has 0 bridgehead atoms. The molecule has 2 N–H and O–H groups in total. The molecule has 0 aromatic heterocycles. The van der Waals surface area contributed by atoms with Crippen LogP contribution in [0.3, 0.4) is 0 Å². The molecule has 0 heterocycles. The van der Waals surface area contributed by atoms with Crippen LogP contribution in [0.4, 0.5) is 0 Å². The van der Waals surface area contributed by atoms with Gasteiger partial charge in [0.1, 0.15) is 11.5 Å². The number of carbonyl (C=O) groups is 1. The minimum atomic E-state index is -0.907. The van der Waals surface area contributed by atoms with E-state index in [1.54, 1.807) is 0 Å². The molecule has 0 aliphatic rings. The maximum absolute atomic E-state index is 13.3. The first-order valence-corrected chi connectivity index (χ1v) is 18.0. The summed E-state index contributed by atoms with van der Waals surface area (Å²) in [6.45, 7) is 18.6. The number of phenolic OH excluding ortho intramolecular Hbond substituents is 2. The van der Waals surface area contributed by atoms with Crippen LogP contribution in [0.25, 0.3) is 0 Å². The zero-order valence-electron chi connectivity index (χ0n) is 30.4. The molecule has 4 heteroatoms. The Hall–Kier alpha value is -2.49. The zero-order chi connectivity index (χ0) is 33.6. The lowest BCUT2D eigenvalue weighted by Crippen LogP contribution is -2.18. The number of hydrogen-bond acceptors (Lipinski definition) is 4. The summed E-state index contributed by atoms with van der Waals surface area (Å²) in [5.41, 5.74) is 3.96. The van der Waals surface area contributed by atoms with Crippen molar-refractivity contribution >= 4 is 5.97 Å². The van der Waals surface area contributed by atoms with Crippen LogP contribution in [-0.4, -0.2) is 16.2 Å². The molecule has 254 valence electrons. The van der Waals surface area contributed by atoms with Crippen LogP contribution in [-0.2, 0) is 20.4 Å². The molecule has 0 aliphatic carbocycles. The van der Waals surface area contributed by atoms with Gasteiger partial charge in [-0.05, 0) is 54.4 Å². The number of unbranched alkanes of at least 4 members (excludes halogenated alkanes) is 14. The SMILES string of the molecule is CCCCCCCCCCCCCCCCCC(=O)OC(c1cc(C)cc(C(C)(C)C)c1O)c1cc(C)cc(C(C)(C)C)c1O. The minimum absolute atomic E-state index is 0.121. The molecule has 0 saturated heterocycles. The number of phenols is 2. The van der Waals surface area contributed by atoms with Crippen LogP contribution in [0, 0.1) is 13.8 Å². The molecule has 45 heavy (non-hydrogen) atoms. The van der Waals surface area contributed by atoms with E-state index < -0.39 is 6.10 Å². The zero-order valence-corrected chi connectivity index (χ0v) is 30.4. The average molecular weight is 623 g/mol. The second-order valence-electron chi connectivity index (χ2n) is 15.6. The van der Waals surface area contributed by atoms with Crippen LogP contribution < -0.4 is 0 Å². The second-order valence-corrected chi connectivity index (χ2v) is 15.6. The van der Waals surface area contributed by atoms with E-state index in [2.05, 4.69) is 48.5 Å². The summed E-state index contributed by atoms with van der Waals surface area (Å²) in [7, 11) is 0. The molecule has 0 saturated carbocycles. The fraction of sp³-hybridized carbons (Fsp3) is 0.683. The number of rotatable bonds is 19. The van der Waals surface area contributed by atoms with Crippen molar-refractivity contribution in [2.75, 3.05) is 0 Å². The summed E-state index contributed by atoms with van der Waals surface area (Å²) in [6.07, 6.45) is 18.5. The van der Waals surface area contributed by atoms with E-state index in [1.807, 2.05) is 38.1 Å². The van der Waals surface area contributed by atoms with Crippen LogP contribution in [0.5, 0.6) is 11.5 Å². The minimum Gasteiger partial charge on any atom is -0.507 e. The fourth-order valence-electron chi connectivity index (χ4n) is 6.28. The van der Waals surface area contributed by atoms with E-state index in [-0.39, 0.29) is 28.3 Å². The van der Waals surface area contributed by atoms with Crippen molar-refractivity contribution in [3.05, 3.63) is 57.6 Å². The molecule has 0 radical (unpaired) electrons. The summed E-state index contributed by atoms with van der Waals surface area (Å²) in [5.74, 6) is -0.0571. The molecule has 0 spiro atoms. The Morgan fingerprint density at radius 3 is 1.27 bits per heavy atom. The molecule has 0 unspecified atom stereocenters. The van der Waals surface area contributed by atoms with E-state index in [0.29, 0.717) is 17.5 Å². The van der Waals surface area contributed by atoms with Crippen molar-refractivity contribution in [3.8, 4) is 11.5 Å². The number of aromatic hydroxyl groups is 2. The van der Waals surface area contributed by atoms with Crippen LogP contribution in [0.2, 0.25) is 0 Å². The van der Waals surface area contributed by atoms with Crippen LogP contribution in [0.1, 0.15) is 191 Å². The Balaban J connectivity index is 2.01. The Kier molecular flexibility index (Phi) is 16.0. The van der Waals surface area contributed by atoms with Crippen molar-refractivity contribution in [3.63, 3.8) is 0 Å². The average Bonchev–Trinajstić information content (AvgIpc) is 2.95. The first kappa shape index (κ1) is 38.7. The third kappa shape index (κ3) is 13.0. The van der Waals surface area contributed by atoms with Gasteiger partial charge in [0.05, 0.1) is 0 Å². The Morgan fingerprint density at radius 2 is 0.933 bits per heavy atom. The smallest absolute Gasteiger partial charge is 0.306 e. The van der Waals surface area contributed by atoms with Crippen LogP contribution >= 0.6 is 0 Å². The van der Waals surface area contributed by atoms with Gasteiger partial charge >= 0.3 is 5.97 Å². The van der Waals surface area contributed by atoms with E-state index in [0.717, 1.165) is 41.5 Å². The van der Waals surface area contributed by atoms with Gasteiger partial charge in [-0.1, -0.05) is 162 Å². The van der Waals surface area contributed by atoms with Gasteiger partial charge in [0.15, 0.2) is 6.10 Å². The number of hydrogen-bond donors (Lipinski definition) is 2. The molecule has 0 atom stereocenters. The first-order chi connectivity index (χ1) is 21.2. The second kappa shape index (κ2) is 18.6. The predicted octanol–water partition coefficient (Wildman–Crippen LogP) is 12.2. The Bertz CT molecular complexity index is 1110. The largest absolute Gasteiger partial charge is 0.507 e. The van der Waals surface area contributed by atoms with Crippen molar-refractivity contribution in [2.24, 2.45) is 0 Å². The number of benzene rings is 2. The third-order valence-corrected chi connectivity index (χ3v) is 8.98. The van der Waals surface area contributed by atoms with Gasteiger partial charge in [-0.25, -0.2) is 0 Å². The number of esters is 1. The van der Waals surface area contributed by atoms with Gasteiger partial charge < -0.3 is 14.9 Å².